The maximum absolute atomic E-state index is 13.9. The number of nitrogens with zero attached hydrogens (tertiary/aromatic N) is 4. The Labute approximate surface area is 172 Å². The average Bonchev–Trinajstić information content (AvgIpc) is 3.12. The van der Waals surface area contributed by atoms with Crippen LogP contribution < -0.4 is 4.90 Å². The fourth-order valence-corrected chi connectivity index (χ4v) is 4.57. The highest BCUT2D eigenvalue weighted by Gasteiger charge is 2.24. The lowest BCUT2D eigenvalue weighted by molar-refractivity contribution is 0.122. The van der Waals surface area contributed by atoms with E-state index in [0.717, 1.165) is 18.7 Å². The summed E-state index contributed by atoms with van der Waals surface area (Å²) in [6.07, 6.45) is 0. The molecule has 146 valence electrons. The van der Waals surface area contributed by atoms with Crippen LogP contribution in [0.3, 0.4) is 0 Å². The third-order valence-corrected chi connectivity index (χ3v) is 6.03. The molecule has 2 aromatic carbocycles. The van der Waals surface area contributed by atoms with Crippen molar-refractivity contribution in [2.75, 3.05) is 31.2 Å². The van der Waals surface area contributed by atoms with Crippen LogP contribution >= 0.6 is 23.4 Å². The Morgan fingerprint density at radius 3 is 2.64 bits per heavy atom. The van der Waals surface area contributed by atoms with Crippen LogP contribution in [-0.4, -0.2) is 41.1 Å². The largest absolute Gasteiger partial charge is 0.378 e. The topological polar surface area (TPSA) is 43.2 Å². The summed E-state index contributed by atoms with van der Waals surface area (Å²) in [5, 5.41) is 10.3. The Morgan fingerprint density at radius 2 is 1.89 bits per heavy atom. The first-order valence-corrected chi connectivity index (χ1v) is 10.3. The summed E-state index contributed by atoms with van der Waals surface area (Å²) in [4.78, 5) is 2.12. The van der Waals surface area contributed by atoms with Crippen LogP contribution in [0.25, 0.3) is 5.69 Å². The molecule has 0 N–H and O–H groups in total. The number of anilines is 1. The number of ether oxygens (including phenoxy) is 1. The van der Waals surface area contributed by atoms with Crippen molar-refractivity contribution in [3.63, 3.8) is 0 Å². The molecule has 1 aliphatic heterocycles. The molecule has 1 fully saturated rings. The Kier molecular flexibility index (Phi) is 5.85. The summed E-state index contributed by atoms with van der Waals surface area (Å²) < 4.78 is 21.3. The molecule has 1 aliphatic rings. The Balaban J connectivity index is 1.72. The first-order chi connectivity index (χ1) is 13.6. The highest BCUT2D eigenvalue weighted by Crippen LogP contribution is 2.39. The van der Waals surface area contributed by atoms with E-state index in [9.17, 15) is 4.39 Å². The molecule has 5 nitrogen and oxygen atoms in total. The van der Waals surface area contributed by atoms with Gasteiger partial charge in [-0.3, -0.25) is 4.57 Å². The molecule has 4 rings (SSSR count). The maximum atomic E-state index is 13.9. The van der Waals surface area contributed by atoms with Crippen molar-refractivity contribution in [2.24, 2.45) is 0 Å². The van der Waals surface area contributed by atoms with Gasteiger partial charge in [0.2, 0.25) is 5.95 Å². The maximum Gasteiger partial charge on any atom is 0.232 e. The summed E-state index contributed by atoms with van der Waals surface area (Å²) >= 11 is 7.91. The molecule has 0 amide bonds. The Morgan fingerprint density at radius 1 is 1.11 bits per heavy atom. The molecule has 0 unspecified atom stereocenters. The van der Waals surface area contributed by atoms with Gasteiger partial charge in [-0.05, 0) is 36.8 Å². The van der Waals surface area contributed by atoms with Crippen LogP contribution in [0.5, 0.6) is 0 Å². The number of benzene rings is 2. The summed E-state index contributed by atoms with van der Waals surface area (Å²) in [6.45, 7) is 4.78. The highest BCUT2D eigenvalue weighted by atomic mass is 35.5. The van der Waals surface area contributed by atoms with Crippen LogP contribution in [0, 0.1) is 5.82 Å². The Hall–Kier alpha value is -2.09. The fourth-order valence-electron chi connectivity index (χ4n) is 3.17. The summed E-state index contributed by atoms with van der Waals surface area (Å²) in [5.41, 5.74) is 1.72. The third kappa shape index (κ3) is 4.01. The van der Waals surface area contributed by atoms with Gasteiger partial charge in [0.15, 0.2) is 5.16 Å². The predicted molar refractivity (Wildman–Crippen MR) is 110 cm³/mol. The van der Waals surface area contributed by atoms with Crippen molar-refractivity contribution < 1.29 is 9.13 Å². The lowest BCUT2D eigenvalue weighted by Gasteiger charge is -2.28. The average molecular weight is 419 g/mol. The van der Waals surface area contributed by atoms with Crippen molar-refractivity contribution in [2.45, 2.75) is 17.3 Å². The van der Waals surface area contributed by atoms with E-state index in [4.69, 9.17) is 16.3 Å². The minimum Gasteiger partial charge on any atom is -0.378 e. The van der Waals surface area contributed by atoms with Crippen molar-refractivity contribution >= 4 is 29.3 Å². The fraction of sp³-hybridized carbons (Fsp3) is 0.300. The molecule has 1 aromatic heterocycles. The number of rotatable bonds is 5. The molecule has 0 saturated carbocycles. The first-order valence-electron chi connectivity index (χ1n) is 9.08. The molecule has 28 heavy (non-hydrogen) atoms. The van der Waals surface area contributed by atoms with E-state index < -0.39 is 0 Å². The van der Waals surface area contributed by atoms with E-state index >= 15 is 0 Å². The van der Waals surface area contributed by atoms with E-state index in [2.05, 4.69) is 22.0 Å². The quantitative estimate of drug-likeness (QED) is 0.559. The van der Waals surface area contributed by atoms with Gasteiger partial charge >= 0.3 is 0 Å². The molecule has 0 radical (unpaired) electrons. The van der Waals surface area contributed by atoms with Gasteiger partial charge in [-0.15, -0.1) is 10.2 Å². The van der Waals surface area contributed by atoms with E-state index in [1.54, 1.807) is 17.8 Å². The number of halogens is 2. The number of morpholine rings is 1. The SMILES string of the molecule is C[C@H](Sc1nnc(N2CCOCC2)n1-c1cccc(F)c1)c1ccccc1Cl. The number of hydrogen-bond donors (Lipinski definition) is 0. The number of thioether (sulfide) groups is 1. The van der Waals surface area contributed by atoms with Gasteiger partial charge < -0.3 is 9.64 Å². The second-order valence-corrected chi connectivity index (χ2v) is 8.19. The predicted octanol–water partition coefficient (Wildman–Crippen LogP) is 4.75. The van der Waals surface area contributed by atoms with Crippen LogP contribution in [0.4, 0.5) is 10.3 Å². The molecule has 0 spiro atoms. The zero-order valence-electron chi connectivity index (χ0n) is 15.4. The standard InChI is InChI=1S/C20H20ClFN4OS/c1-14(17-7-2-3-8-18(17)21)28-20-24-23-19(25-9-11-27-12-10-25)26(20)16-6-4-5-15(22)13-16/h2-8,13-14H,9-12H2,1H3/t14-/m0/s1. The minimum atomic E-state index is -0.297. The zero-order valence-corrected chi connectivity index (χ0v) is 17.0. The summed E-state index contributed by atoms with van der Waals surface area (Å²) in [5.74, 6) is 0.400. The van der Waals surface area contributed by atoms with Crippen molar-refractivity contribution in [1.29, 1.82) is 0 Å². The van der Waals surface area contributed by atoms with Crippen molar-refractivity contribution in [3.8, 4) is 5.69 Å². The summed E-state index contributed by atoms with van der Waals surface area (Å²) in [7, 11) is 0. The molecular weight excluding hydrogens is 399 g/mol. The van der Waals surface area contributed by atoms with Crippen LogP contribution in [-0.2, 0) is 4.74 Å². The zero-order chi connectivity index (χ0) is 19.5. The highest BCUT2D eigenvalue weighted by molar-refractivity contribution is 7.99. The molecule has 3 aromatic rings. The van der Waals surface area contributed by atoms with Gasteiger partial charge in [-0.2, -0.15) is 0 Å². The van der Waals surface area contributed by atoms with E-state index in [1.807, 2.05) is 34.9 Å². The number of aromatic nitrogens is 3. The molecule has 2 heterocycles. The van der Waals surface area contributed by atoms with Gasteiger partial charge in [0.05, 0.1) is 18.9 Å². The molecule has 8 heteroatoms. The van der Waals surface area contributed by atoms with E-state index in [1.165, 1.54) is 12.1 Å². The lowest BCUT2D eigenvalue weighted by atomic mass is 10.2. The van der Waals surface area contributed by atoms with Gasteiger partial charge in [-0.1, -0.05) is 47.6 Å². The summed E-state index contributed by atoms with van der Waals surface area (Å²) in [6, 6.07) is 14.2. The van der Waals surface area contributed by atoms with Gasteiger partial charge in [-0.25, -0.2) is 4.39 Å². The molecule has 0 bridgehead atoms. The van der Waals surface area contributed by atoms with Crippen LogP contribution in [0.1, 0.15) is 17.7 Å². The minimum absolute atomic E-state index is 0.0581. The smallest absolute Gasteiger partial charge is 0.232 e. The monoisotopic (exact) mass is 418 g/mol. The molecule has 1 saturated heterocycles. The third-order valence-electron chi connectivity index (χ3n) is 4.60. The first kappa shape index (κ1) is 19.2. The lowest BCUT2D eigenvalue weighted by Crippen LogP contribution is -2.37. The second kappa shape index (κ2) is 8.51. The molecule has 0 aliphatic carbocycles. The van der Waals surface area contributed by atoms with Gasteiger partial charge in [0.25, 0.3) is 0 Å². The van der Waals surface area contributed by atoms with Crippen LogP contribution in [0.15, 0.2) is 53.7 Å². The van der Waals surface area contributed by atoms with Gasteiger partial charge in [0, 0.05) is 23.4 Å². The Bertz CT molecular complexity index is 961. The molecular formula is C20H20ClFN4OS. The normalized spacial score (nSPS) is 15.6. The van der Waals surface area contributed by atoms with Gasteiger partial charge in [0.1, 0.15) is 5.82 Å². The van der Waals surface area contributed by atoms with E-state index in [0.29, 0.717) is 35.0 Å². The van der Waals surface area contributed by atoms with Crippen LogP contribution in [0.2, 0.25) is 5.02 Å². The van der Waals surface area contributed by atoms with E-state index in [-0.39, 0.29) is 11.1 Å². The van der Waals surface area contributed by atoms with Crippen molar-refractivity contribution in [3.05, 3.63) is 64.9 Å². The molecule has 1 atom stereocenters. The number of hydrogen-bond acceptors (Lipinski definition) is 5. The second-order valence-electron chi connectivity index (χ2n) is 6.48. The van der Waals surface area contributed by atoms with Crippen molar-refractivity contribution in [1.82, 2.24) is 14.8 Å².